The summed E-state index contributed by atoms with van der Waals surface area (Å²) >= 11 is 0. The van der Waals surface area contributed by atoms with E-state index in [9.17, 15) is 9.59 Å². The minimum atomic E-state index is -0.740. The molecule has 4 rings (SSSR count). The van der Waals surface area contributed by atoms with Gasteiger partial charge in [0.25, 0.3) is 5.91 Å². The van der Waals surface area contributed by atoms with Gasteiger partial charge in [-0.3, -0.25) is 9.59 Å². The first-order valence-electron chi connectivity index (χ1n) is 12.6. The Morgan fingerprint density at radius 3 is 2.37 bits per heavy atom. The van der Waals surface area contributed by atoms with Crippen LogP contribution in [-0.4, -0.2) is 38.7 Å². The third-order valence-electron chi connectivity index (χ3n) is 6.62. The summed E-state index contributed by atoms with van der Waals surface area (Å²) < 4.78 is 16.8. The molecule has 2 N–H and O–H groups in total. The number of fused-ring (bicyclic) bond motifs is 1. The van der Waals surface area contributed by atoms with Crippen LogP contribution in [0.1, 0.15) is 33.3 Å². The van der Waals surface area contributed by atoms with Gasteiger partial charge in [-0.05, 0) is 49.7 Å². The normalized spacial score (nSPS) is 14.0. The average molecular weight is 518 g/mol. The molecule has 1 aliphatic rings. The predicted octanol–water partition coefficient (Wildman–Crippen LogP) is 5.71. The van der Waals surface area contributed by atoms with Crippen LogP contribution in [-0.2, 0) is 16.1 Å². The number of esters is 1. The van der Waals surface area contributed by atoms with Crippen LogP contribution in [0, 0.1) is 5.92 Å². The maximum absolute atomic E-state index is 13.3. The number of amides is 1. The molecule has 3 aromatic carbocycles. The molecule has 0 aromatic heterocycles. The van der Waals surface area contributed by atoms with Gasteiger partial charge in [0, 0.05) is 30.8 Å². The van der Waals surface area contributed by atoms with Gasteiger partial charge in [0.2, 0.25) is 0 Å². The second-order valence-electron chi connectivity index (χ2n) is 10.1. The van der Waals surface area contributed by atoms with Crippen LogP contribution < -0.4 is 29.7 Å². The van der Waals surface area contributed by atoms with E-state index in [4.69, 9.17) is 14.2 Å². The minimum Gasteiger partial charge on any atom is -0.496 e. The summed E-state index contributed by atoms with van der Waals surface area (Å²) in [6.45, 7) is 7.72. The van der Waals surface area contributed by atoms with Gasteiger partial charge in [-0.2, -0.15) is 0 Å². The second-order valence-corrected chi connectivity index (χ2v) is 10.1. The lowest BCUT2D eigenvalue weighted by molar-refractivity contribution is -0.137. The largest absolute Gasteiger partial charge is 0.496 e. The molecular weight excluding hydrogens is 482 g/mol. The van der Waals surface area contributed by atoms with Crippen molar-refractivity contribution in [3.05, 3.63) is 60.2 Å². The van der Waals surface area contributed by atoms with Gasteiger partial charge < -0.3 is 29.7 Å². The maximum Gasteiger partial charge on any atom is 0.313 e. The Morgan fingerprint density at radius 2 is 1.68 bits per heavy atom. The van der Waals surface area contributed by atoms with Crippen molar-refractivity contribution in [3.8, 4) is 28.4 Å². The number of carbonyl (C=O) groups is 2. The lowest BCUT2D eigenvalue weighted by Gasteiger charge is -2.40. The monoisotopic (exact) mass is 517 g/mol. The Bertz CT molecular complexity index is 1370. The molecule has 0 aliphatic carbocycles. The number of nitrogens with one attached hydrogen (secondary N) is 2. The zero-order valence-electron chi connectivity index (χ0n) is 23.0. The highest BCUT2D eigenvalue weighted by Crippen LogP contribution is 2.45. The van der Waals surface area contributed by atoms with Gasteiger partial charge in [-0.25, -0.2) is 0 Å². The summed E-state index contributed by atoms with van der Waals surface area (Å²) in [7, 11) is 5.01. The molecule has 0 atom stereocenters. The number of para-hydroxylation sites is 2. The number of rotatable bonds is 8. The molecule has 200 valence electrons. The van der Waals surface area contributed by atoms with Crippen molar-refractivity contribution in [2.75, 3.05) is 36.8 Å². The summed E-state index contributed by atoms with van der Waals surface area (Å²) in [5, 5.41) is 6.88. The van der Waals surface area contributed by atoms with Crippen molar-refractivity contribution in [2.24, 2.45) is 5.92 Å². The van der Waals surface area contributed by atoms with Gasteiger partial charge >= 0.3 is 5.97 Å². The first-order chi connectivity index (χ1) is 18.1. The van der Waals surface area contributed by atoms with Gasteiger partial charge in [0.05, 0.1) is 37.2 Å². The van der Waals surface area contributed by atoms with E-state index in [0.29, 0.717) is 18.0 Å². The molecule has 0 saturated heterocycles. The number of ether oxygens (including phenoxy) is 3. The van der Waals surface area contributed by atoms with Crippen LogP contribution in [0.15, 0.2) is 54.6 Å². The number of likely N-dealkylation sites (N-methyl/N-ethyl adjacent to an activating group) is 1. The Hall–Kier alpha value is -4.20. The van der Waals surface area contributed by atoms with Crippen molar-refractivity contribution in [2.45, 2.75) is 39.8 Å². The summed E-state index contributed by atoms with van der Waals surface area (Å²) in [5.41, 5.74) is 4.33. The molecule has 0 bridgehead atoms. The van der Waals surface area contributed by atoms with E-state index < -0.39 is 5.54 Å². The Kier molecular flexibility index (Phi) is 7.53. The van der Waals surface area contributed by atoms with Crippen molar-refractivity contribution >= 4 is 28.9 Å². The summed E-state index contributed by atoms with van der Waals surface area (Å²) in [4.78, 5) is 27.1. The molecule has 38 heavy (non-hydrogen) atoms. The Morgan fingerprint density at radius 1 is 1.00 bits per heavy atom. The second kappa shape index (κ2) is 10.7. The number of anilines is 3. The van der Waals surface area contributed by atoms with E-state index in [-0.39, 0.29) is 17.8 Å². The maximum atomic E-state index is 13.3. The molecular formula is C30H35N3O5. The SMILES string of the molecule is COc1ccccc1NCc1c(-c2ccc(OC(=O)C(C)C)cc2OC)ccc2c1N(C)C(=O)C(C)(C)N2. The fourth-order valence-electron chi connectivity index (χ4n) is 4.63. The lowest BCUT2D eigenvalue weighted by atomic mass is 9.91. The first-order valence-corrected chi connectivity index (χ1v) is 12.6. The van der Waals surface area contributed by atoms with Crippen LogP contribution in [0.2, 0.25) is 0 Å². The molecule has 0 fully saturated rings. The van der Waals surface area contributed by atoms with Crippen LogP contribution in [0.3, 0.4) is 0 Å². The minimum absolute atomic E-state index is 0.0383. The number of methoxy groups -OCH3 is 2. The molecule has 3 aromatic rings. The Labute approximate surface area is 223 Å². The molecule has 8 nitrogen and oxygen atoms in total. The predicted molar refractivity (Wildman–Crippen MR) is 150 cm³/mol. The molecule has 0 radical (unpaired) electrons. The van der Waals surface area contributed by atoms with E-state index in [0.717, 1.165) is 39.5 Å². The first kappa shape index (κ1) is 26.9. The molecule has 8 heteroatoms. The highest BCUT2D eigenvalue weighted by atomic mass is 16.5. The highest BCUT2D eigenvalue weighted by molar-refractivity contribution is 6.09. The number of nitrogens with zero attached hydrogens (tertiary/aromatic N) is 1. The quantitative estimate of drug-likeness (QED) is 0.292. The highest BCUT2D eigenvalue weighted by Gasteiger charge is 2.38. The zero-order valence-corrected chi connectivity index (χ0v) is 23.0. The number of hydrogen-bond donors (Lipinski definition) is 2. The summed E-state index contributed by atoms with van der Waals surface area (Å²) in [6, 6.07) is 17.0. The smallest absolute Gasteiger partial charge is 0.313 e. The van der Waals surface area contributed by atoms with E-state index in [2.05, 4.69) is 10.6 Å². The topological polar surface area (TPSA) is 89.1 Å². The molecule has 1 aliphatic heterocycles. The molecule has 1 amide bonds. The number of carbonyl (C=O) groups excluding carboxylic acids is 2. The summed E-state index contributed by atoms with van der Waals surface area (Å²) in [6.07, 6.45) is 0. The van der Waals surface area contributed by atoms with Crippen molar-refractivity contribution in [3.63, 3.8) is 0 Å². The van der Waals surface area contributed by atoms with Crippen LogP contribution in [0.25, 0.3) is 11.1 Å². The average Bonchev–Trinajstić information content (AvgIpc) is 2.90. The Balaban J connectivity index is 1.84. The van der Waals surface area contributed by atoms with Crippen LogP contribution in [0.5, 0.6) is 17.2 Å². The number of hydrogen-bond acceptors (Lipinski definition) is 7. The van der Waals surface area contributed by atoms with Gasteiger partial charge in [0.1, 0.15) is 22.8 Å². The molecule has 0 spiro atoms. The van der Waals surface area contributed by atoms with E-state index in [1.54, 1.807) is 52.1 Å². The standard InChI is InChI=1S/C30H35N3O5/c1-18(2)28(34)38-19-12-13-21(26(16-19)37-7)20-14-15-24-27(33(5)29(35)30(3,4)32-24)22(20)17-31-23-10-8-9-11-25(23)36-6/h8-16,18,31-32H,17H2,1-7H3. The fourth-order valence-corrected chi connectivity index (χ4v) is 4.63. The third-order valence-corrected chi connectivity index (χ3v) is 6.62. The van der Waals surface area contributed by atoms with Crippen LogP contribution >= 0.6 is 0 Å². The third kappa shape index (κ3) is 5.11. The van der Waals surface area contributed by atoms with Gasteiger partial charge in [-0.1, -0.05) is 32.0 Å². The van der Waals surface area contributed by atoms with E-state index in [1.165, 1.54) is 0 Å². The number of benzene rings is 3. The van der Waals surface area contributed by atoms with Gasteiger partial charge in [0.15, 0.2) is 0 Å². The van der Waals surface area contributed by atoms with Crippen LogP contribution in [0.4, 0.5) is 17.1 Å². The van der Waals surface area contributed by atoms with Gasteiger partial charge in [-0.15, -0.1) is 0 Å². The van der Waals surface area contributed by atoms with Crippen molar-refractivity contribution in [1.82, 2.24) is 0 Å². The lowest BCUT2D eigenvalue weighted by Crippen LogP contribution is -2.52. The molecule has 1 heterocycles. The van der Waals surface area contributed by atoms with E-state index >= 15 is 0 Å². The zero-order chi connectivity index (χ0) is 27.6. The van der Waals surface area contributed by atoms with Crippen molar-refractivity contribution in [1.29, 1.82) is 0 Å². The summed E-state index contributed by atoms with van der Waals surface area (Å²) in [5.74, 6) is 1.07. The molecule has 0 unspecified atom stereocenters. The van der Waals surface area contributed by atoms with E-state index in [1.807, 2.05) is 56.3 Å². The fraction of sp³-hybridized carbons (Fsp3) is 0.333. The van der Waals surface area contributed by atoms with Crippen molar-refractivity contribution < 1.29 is 23.8 Å². The molecule has 0 saturated carbocycles.